The minimum Gasteiger partial charge on any atom is -0.508 e. The summed E-state index contributed by atoms with van der Waals surface area (Å²) in [6, 6.07) is 8.92. The first-order valence-electron chi connectivity index (χ1n) is 4.08. The van der Waals surface area contributed by atoms with Crippen LogP contribution in [-0.4, -0.2) is 5.11 Å². The first-order valence-corrected chi connectivity index (χ1v) is 4.08. The van der Waals surface area contributed by atoms with Gasteiger partial charge in [-0.05, 0) is 22.9 Å². The van der Waals surface area contributed by atoms with E-state index in [9.17, 15) is 8.78 Å². The van der Waals surface area contributed by atoms with Crippen molar-refractivity contribution < 1.29 is 13.9 Å². The van der Waals surface area contributed by atoms with Gasteiger partial charge in [-0.1, -0.05) is 24.3 Å². The Hall–Kier alpha value is -1.64. The van der Waals surface area contributed by atoms with Crippen molar-refractivity contribution in [1.82, 2.24) is 0 Å². The van der Waals surface area contributed by atoms with Crippen molar-refractivity contribution in [1.29, 1.82) is 0 Å². The molecule has 0 unspecified atom stereocenters. The van der Waals surface area contributed by atoms with Crippen molar-refractivity contribution in [2.45, 2.75) is 0 Å². The summed E-state index contributed by atoms with van der Waals surface area (Å²) in [5, 5.41) is 10.2. The van der Waals surface area contributed by atoms with Gasteiger partial charge in [0.1, 0.15) is 5.75 Å². The lowest BCUT2D eigenvalue weighted by molar-refractivity contribution is 0.326. The molecule has 0 bridgehead atoms. The third kappa shape index (κ3) is 1.41. The maximum absolute atomic E-state index is 12.5. The predicted molar refractivity (Wildman–Crippen MR) is 50.2 cm³/mol. The zero-order chi connectivity index (χ0) is 10.1. The normalized spacial score (nSPS) is 11.1. The highest BCUT2D eigenvalue weighted by Gasteiger charge is 2.12. The number of halogens is 2. The Kier molecular flexibility index (Phi) is 2.08. The minimum absolute atomic E-state index is 0.0777. The van der Waals surface area contributed by atoms with E-state index in [0.717, 1.165) is 0 Å². The summed E-state index contributed by atoms with van der Waals surface area (Å²) in [5.41, 5.74) is -0.0810. The second-order valence-electron chi connectivity index (χ2n) is 2.97. The third-order valence-corrected chi connectivity index (χ3v) is 2.07. The number of rotatable bonds is 1. The summed E-state index contributed by atoms with van der Waals surface area (Å²) in [6.45, 7) is 0. The average Bonchev–Trinajstić information content (AvgIpc) is 2.16. The van der Waals surface area contributed by atoms with E-state index >= 15 is 0 Å². The molecular formula is C11H7F2O. The molecule has 0 spiro atoms. The van der Waals surface area contributed by atoms with Crippen LogP contribution >= 0.6 is 0 Å². The Balaban J connectivity index is 2.75. The van der Waals surface area contributed by atoms with Gasteiger partial charge < -0.3 is 5.11 Å². The van der Waals surface area contributed by atoms with Crippen LogP contribution in [0.15, 0.2) is 36.4 Å². The van der Waals surface area contributed by atoms with Crippen molar-refractivity contribution in [3.8, 4) is 5.75 Å². The van der Waals surface area contributed by atoms with Crippen molar-refractivity contribution in [2.75, 3.05) is 0 Å². The SMILES string of the molecule is Oc1ccc2c([C](F)F)cccc2c1. The zero-order valence-electron chi connectivity index (χ0n) is 7.17. The van der Waals surface area contributed by atoms with Crippen LogP contribution in [0.1, 0.15) is 5.56 Å². The van der Waals surface area contributed by atoms with E-state index in [-0.39, 0.29) is 11.3 Å². The van der Waals surface area contributed by atoms with E-state index in [1.807, 2.05) is 0 Å². The fraction of sp³-hybridized carbons (Fsp3) is 0. The molecule has 1 N–H and O–H groups in total. The summed E-state index contributed by atoms with van der Waals surface area (Å²) in [6.07, 6.45) is -1.71. The van der Waals surface area contributed by atoms with Crippen LogP contribution in [0.5, 0.6) is 5.75 Å². The molecule has 0 saturated heterocycles. The van der Waals surface area contributed by atoms with Gasteiger partial charge in [0.15, 0.2) is 0 Å². The molecular weight excluding hydrogens is 186 g/mol. The topological polar surface area (TPSA) is 20.2 Å². The van der Waals surface area contributed by atoms with Gasteiger partial charge in [-0.2, -0.15) is 8.78 Å². The molecule has 14 heavy (non-hydrogen) atoms. The lowest BCUT2D eigenvalue weighted by Gasteiger charge is -2.04. The lowest BCUT2D eigenvalue weighted by Crippen LogP contribution is -1.86. The average molecular weight is 193 g/mol. The third-order valence-electron chi connectivity index (χ3n) is 2.07. The Labute approximate surface area is 79.6 Å². The molecule has 2 aromatic rings. The van der Waals surface area contributed by atoms with Crippen LogP contribution in [0, 0.1) is 6.43 Å². The van der Waals surface area contributed by atoms with Crippen molar-refractivity contribution >= 4 is 10.8 Å². The Morgan fingerprint density at radius 3 is 2.57 bits per heavy atom. The van der Waals surface area contributed by atoms with Crippen LogP contribution in [0.3, 0.4) is 0 Å². The summed E-state index contributed by atoms with van der Waals surface area (Å²) in [5.74, 6) is 0.0777. The maximum Gasteiger partial charge on any atom is 0.340 e. The van der Waals surface area contributed by atoms with E-state index < -0.39 is 6.43 Å². The molecule has 0 amide bonds. The smallest absolute Gasteiger partial charge is 0.340 e. The molecule has 71 valence electrons. The lowest BCUT2D eigenvalue weighted by atomic mass is 10.0. The molecule has 0 aliphatic carbocycles. The van der Waals surface area contributed by atoms with E-state index in [4.69, 9.17) is 5.11 Å². The second-order valence-corrected chi connectivity index (χ2v) is 2.97. The first-order chi connectivity index (χ1) is 6.68. The maximum atomic E-state index is 12.5. The van der Waals surface area contributed by atoms with Crippen molar-refractivity contribution in [3.05, 3.63) is 48.4 Å². The molecule has 3 heteroatoms. The molecule has 0 aromatic heterocycles. The number of aromatic hydroxyl groups is 1. The number of hydrogen-bond donors (Lipinski definition) is 1. The van der Waals surface area contributed by atoms with Gasteiger partial charge >= 0.3 is 6.43 Å². The highest BCUT2D eigenvalue weighted by atomic mass is 19.3. The van der Waals surface area contributed by atoms with Crippen LogP contribution in [0.2, 0.25) is 0 Å². The van der Waals surface area contributed by atoms with Crippen molar-refractivity contribution in [3.63, 3.8) is 0 Å². The van der Waals surface area contributed by atoms with Crippen LogP contribution in [0.4, 0.5) is 8.78 Å². The van der Waals surface area contributed by atoms with E-state index in [2.05, 4.69) is 0 Å². The molecule has 0 fully saturated rings. The second kappa shape index (κ2) is 3.25. The molecule has 0 aliphatic heterocycles. The van der Waals surface area contributed by atoms with E-state index in [0.29, 0.717) is 10.8 Å². The highest BCUT2D eigenvalue weighted by molar-refractivity contribution is 5.88. The zero-order valence-corrected chi connectivity index (χ0v) is 7.17. The van der Waals surface area contributed by atoms with Gasteiger partial charge in [0.2, 0.25) is 0 Å². The largest absolute Gasteiger partial charge is 0.508 e. The molecule has 0 atom stereocenters. The van der Waals surface area contributed by atoms with Crippen LogP contribution in [0.25, 0.3) is 10.8 Å². The molecule has 0 aliphatic rings. The van der Waals surface area contributed by atoms with Gasteiger partial charge in [-0.25, -0.2) is 0 Å². The molecule has 1 radical (unpaired) electrons. The van der Waals surface area contributed by atoms with Gasteiger partial charge in [0.05, 0.1) is 0 Å². The molecule has 1 nitrogen and oxygen atoms in total. The minimum atomic E-state index is -1.71. The molecule has 0 saturated carbocycles. The summed E-state index contributed by atoms with van der Waals surface area (Å²) < 4.78 is 24.9. The predicted octanol–water partition coefficient (Wildman–Crippen LogP) is 3.32. The van der Waals surface area contributed by atoms with Gasteiger partial charge in [-0.15, -0.1) is 0 Å². The Bertz CT molecular complexity index is 466. The highest BCUT2D eigenvalue weighted by Crippen LogP contribution is 2.28. The van der Waals surface area contributed by atoms with Gasteiger partial charge in [0.25, 0.3) is 0 Å². The number of hydrogen-bond acceptors (Lipinski definition) is 1. The van der Waals surface area contributed by atoms with Crippen LogP contribution < -0.4 is 0 Å². The fourth-order valence-corrected chi connectivity index (χ4v) is 1.44. The molecule has 0 heterocycles. The summed E-state index contributed by atoms with van der Waals surface area (Å²) in [4.78, 5) is 0. The summed E-state index contributed by atoms with van der Waals surface area (Å²) in [7, 11) is 0. The summed E-state index contributed by atoms with van der Waals surface area (Å²) >= 11 is 0. The number of phenols is 1. The van der Waals surface area contributed by atoms with Gasteiger partial charge in [-0.3, -0.25) is 0 Å². The first kappa shape index (κ1) is 8.94. The van der Waals surface area contributed by atoms with E-state index in [1.165, 1.54) is 30.3 Å². The number of phenolic OH excluding ortho intramolecular Hbond substituents is 1. The Morgan fingerprint density at radius 2 is 1.86 bits per heavy atom. The van der Waals surface area contributed by atoms with E-state index in [1.54, 1.807) is 6.07 Å². The standard InChI is InChI=1S/C11H7F2O/c12-11(13)10-3-1-2-7-6-8(14)4-5-9(7)10/h1-6,14H. The molecule has 2 rings (SSSR count). The number of benzene rings is 2. The molecule has 2 aromatic carbocycles. The van der Waals surface area contributed by atoms with Gasteiger partial charge in [0, 0.05) is 5.56 Å². The fourth-order valence-electron chi connectivity index (χ4n) is 1.44. The monoisotopic (exact) mass is 193 g/mol. The number of fused-ring (bicyclic) bond motifs is 1. The van der Waals surface area contributed by atoms with Crippen LogP contribution in [-0.2, 0) is 0 Å². The van der Waals surface area contributed by atoms with Crippen molar-refractivity contribution in [2.24, 2.45) is 0 Å². The Morgan fingerprint density at radius 1 is 1.07 bits per heavy atom. The quantitative estimate of drug-likeness (QED) is 0.736.